The van der Waals surface area contributed by atoms with E-state index in [2.05, 4.69) is 6.92 Å². The van der Waals surface area contributed by atoms with Gasteiger partial charge in [0.1, 0.15) is 5.75 Å². The van der Waals surface area contributed by atoms with Crippen molar-refractivity contribution >= 4 is 46.3 Å². The summed E-state index contributed by atoms with van der Waals surface area (Å²) in [5.41, 5.74) is 11.3. The fourth-order valence-corrected chi connectivity index (χ4v) is 3.80. The molecule has 3 rings (SSSR count). The number of allylic oxidation sites excluding steroid dienone is 2. The van der Waals surface area contributed by atoms with Crippen molar-refractivity contribution in [2.45, 2.75) is 19.8 Å². The summed E-state index contributed by atoms with van der Waals surface area (Å²) in [6, 6.07) is 11.4. The predicted molar refractivity (Wildman–Crippen MR) is 108 cm³/mol. The molecule has 0 bridgehead atoms. The molecule has 0 atom stereocenters. The van der Waals surface area contributed by atoms with Gasteiger partial charge >= 0.3 is 0 Å². The van der Waals surface area contributed by atoms with E-state index in [0.29, 0.717) is 10.0 Å². The minimum Gasteiger partial charge on any atom is -0.496 e. The normalized spacial score (nSPS) is 14.7. The molecule has 2 aromatic rings. The molecule has 0 aromatic heterocycles. The molecule has 0 saturated heterocycles. The topological polar surface area (TPSA) is 52.3 Å². The summed E-state index contributed by atoms with van der Waals surface area (Å²) in [7, 11) is 1.62. The lowest BCUT2D eigenvalue weighted by atomic mass is 9.98. The van der Waals surface area contributed by atoms with Crippen LogP contribution < -0.4 is 10.5 Å². The second-order valence-corrected chi connectivity index (χ2v) is 6.82. The molecule has 0 heterocycles. The summed E-state index contributed by atoms with van der Waals surface area (Å²) in [6.45, 7) is 2.06. The molecule has 0 aliphatic heterocycles. The Morgan fingerprint density at radius 3 is 2.54 bits per heavy atom. The van der Waals surface area contributed by atoms with Crippen molar-refractivity contribution in [3.8, 4) is 5.75 Å². The minimum atomic E-state index is -0.371. The third-order valence-corrected chi connectivity index (χ3v) is 5.35. The van der Waals surface area contributed by atoms with Crippen LogP contribution in [-0.4, -0.2) is 13.0 Å². The van der Waals surface area contributed by atoms with Gasteiger partial charge in [0.05, 0.1) is 23.6 Å². The number of ether oxygens (including phenoxy) is 1. The Balaban J connectivity index is 2.29. The summed E-state index contributed by atoms with van der Waals surface area (Å²) in [5.74, 6) is 0.357. The highest BCUT2D eigenvalue weighted by molar-refractivity contribution is 6.43. The highest BCUT2D eigenvalue weighted by atomic mass is 35.5. The number of hydrogen-bond acceptors (Lipinski definition) is 2. The molecule has 2 aromatic carbocycles. The van der Waals surface area contributed by atoms with E-state index < -0.39 is 0 Å². The Bertz CT molecular complexity index is 945. The molecule has 0 unspecified atom stereocenters. The Kier molecular flexibility index (Phi) is 5.40. The molecule has 134 valence electrons. The van der Waals surface area contributed by atoms with Crippen molar-refractivity contribution < 1.29 is 9.53 Å². The number of rotatable bonds is 5. The number of carbonyl (C=O) groups excluding carboxylic acids is 1. The van der Waals surface area contributed by atoms with Crippen LogP contribution in [0, 0.1) is 0 Å². The molecule has 5 heteroatoms. The maximum absolute atomic E-state index is 11.7. The summed E-state index contributed by atoms with van der Waals surface area (Å²) in [4.78, 5) is 11.7. The van der Waals surface area contributed by atoms with Crippen LogP contribution in [0.4, 0.5) is 0 Å². The molecule has 0 saturated carbocycles. The lowest BCUT2D eigenvalue weighted by Crippen LogP contribution is -2.11. The van der Waals surface area contributed by atoms with E-state index in [1.54, 1.807) is 13.2 Å². The average molecular weight is 388 g/mol. The Morgan fingerprint density at radius 1 is 1.15 bits per heavy atom. The lowest BCUT2D eigenvalue weighted by molar-refractivity contribution is -0.117. The second-order valence-electron chi connectivity index (χ2n) is 6.04. The van der Waals surface area contributed by atoms with Crippen LogP contribution in [0.25, 0.3) is 17.2 Å². The van der Waals surface area contributed by atoms with Crippen molar-refractivity contribution in [1.29, 1.82) is 0 Å². The van der Waals surface area contributed by atoms with Gasteiger partial charge in [-0.05, 0) is 52.5 Å². The maximum Gasteiger partial charge on any atom is 0.221 e. The number of carbonyl (C=O) groups is 1. The van der Waals surface area contributed by atoms with Gasteiger partial charge in [0.2, 0.25) is 5.91 Å². The van der Waals surface area contributed by atoms with Gasteiger partial charge in [-0.25, -0.2) is 0 Å². The standard InChI is InChI=1S/C21H19Cl2NO2/c1-3-13-15(10-12-6-4-8-17(22)21(12)23)14-7-5-9-18(26-2)20(14)16(13)11-19(24)25/h4-10H,3,11H2,1-2H3,(H2,24,25). The van der Waals surface area contributed by atoms with E-state index >= 15 is 0 Å². The first kappa shape index (κ1) is 18.6. The van der Waals surface area contributed by atoms with Crippen molar-refractivity contribution in [2.75, 3.05) is 7.11 Å². The third-order valence-electron chi connectivity index (χ3n) is 4.51. The molecular formula is C21H19Cl2NO2. The Labute approximate surface area is 163 Å². The van der Waals surface area contributed by atoms with E-state index in [1.807, 2.05) is 36.4 Å². The molecule has 0 spiro atoms. The number of hydrogen-bond donors (Lipinski definition) is 1. The fourth-order valence-electron chi connectivity index (χ4n) is 3.44. The molecule has 26 heavy (non-hydrogen) atoms. The van der Waals surface area contributed by atoms with Gasteiger partial charge in [-0.1, -0.05) is 54.4 Å². The van der Waals surface area contributed by atoms with Gasteiger partial charge in [-0.2, -0.15) is 0 Å². The molecule has 2 N–H and O–H groups in total. The number of halogens is 2. The highest BCUT2D eigenvalue weighted by Crippen LogP contribution is 2.49. The molecule has 1 aliphatic carbocycles. The predicted octanol–water partition coefficient (Wildman–Crippen LogP) is 5.60. The Morgan fingerprint density at radius 2 is 1.88 bits per heavy atom. The van der Waals surface area contributed by atoms with Crippen molar-refractivity contribution in [3.63, 3.8) is 0 Å². The van der Waals surface area contributed by atoms with E-state index in [9.17, 15) is 4.79 Å². The summed E-state index contributed by atoms with van der Waals surface area (Å²) in [6.07, 6.45) is 2.93. The minimum absolute atomic E-state index is 0.164. The van der Waals surface area contributed by atoms with Crippen LogP contribution in [0.5, 0.6) is 5.75 Å². The van der Waals surface area contributed by atoms with E-state index in [1.165, 1.54) is 0 Å². The van der Waals surface area contributed by atoms with Gasteiger partial charge in [-0.3, -0.25) is 4.79 Å². The first-order valence-corrected chi connectivity index (χ1v) is 9.07. The van der Waals surface area contributed by atoms with Gasteiger partial charge in [0.15, 0.2) is 0 Å². The van der Waals surface area contributed by atoms with E-state index in [0.717, 1.165) is 45.6 Å². The van der Waals surface area contributed by atoms with Crippen LogP contribution in [0.1, 0.15) is 36.5 Å². The zero-order valence-electron chi connectivity index (χ0n) is 14.6. The highest BCUT2D eigenvalue weighted by Gasteiger charge is 2.29. The number of nitrogens with two attached hydrogens (primary N) is 1. The van der Waals surface area contributed by atoms with Crippen molar-refractivity contribution in [1.82, 2.24) is 0 Å². The summed E-state index contributed by atoms with van der Waals surface area (Å²) in [5, 5.41) is 1.01. The van der Waals surface area contributed by atoms with Gasteiger partial charge < -0.3 is 10.5 Å². The van der Waals surface area contributed by atoms with Crippen molar-refractivity contribution in [2.24, 2.45) is 5.73 Å². The summed E-state index contributed by atoms with van der Waals surface area (Å²) >= 11 is 12.5. The van der Waals surface area contributed by atoms with Crippen LogP contribution in [-0.2, 0) is 4.79 Å². The molecule has 1 amide bonds. The van der Waals surface area contributed by atoms with Gasteiger partial charge in [-0.15, -0.1) is 0 Å². The van der Waals surface area contributed by atoms with Crippen LogP contribution in [0.2, 0.25) is 10.0 Å². The molecule has 3 nitrogen and oxygen atoms in total. The number of methoxy groups -OCH3 is 1. The largest absolute Gasteiger partial charge is 0.496 e. The third kappa shape index (κ3) is 3.25. The number of primary amides is 1. The number of amides is 1. The van der Waals surface area contributed by atoms with Crippen molar-refractivity contribution in [3.05, 3.63) is 68.7 Å². The Hall–Kier alpha value is -2.23. The van der Waals surface area contributed by atoms with Gasteiger partial charge in [0, 0.05) is 5.56 Å². The number of fused-ring (bicyclic) bond motifs is 1. The quantitative estimate of drug-likeness (QED) is 0.725. The zero-order chi connectivity index (χ0) is 18.8. The van der Waals surface area contributed by atoms with E-state index in [4.69, 9.17) is 33.7 Å². The molecule has 1 aliphatic rings. The maximum atomic E-state index is 11.7. The molecule has 0 radical (unpaired) electrons. The SMILES string of the molecule is CCC1=C(CC(N)=O)c2c(OC)cccc2C1=Cc1cccc(Cl)c1Cl. The molecule has 0 fully saturated rings. The monoisotopic (exact) mass is 387 g/mol. The lowest BCUT2D eigenvalue weighted by Gasteiger charge is -2.10. The van der Waals surface area contributed by atoms with Crippen LogP contribution >= 0.6 is 23.2 Å². The summed E-state index contributed by atoms with van der Waals surface area (Å²) < 4.78 is 5.54. The average Bonchev–Trinajstić information content (AvgIpc) is 2.91. The number of benzene rings is 2. The smallest absolute Gasteiger partial charge is 0.221 e. The zero-order valence-corrected chi connectivity index (χ0v) is 16.1. The fraction of sp³-hybridized carbons (Fsp3) is 0.190. The first-order valence-electron chi connectivity index (χ1n) is 8.32. The first-order chi connectivity index (χ1) is 12.5. The molecular weight excluding hydrogens is 369 g/mol. The van der Waals surface area contributed by atoms with E-state index in [-0.39, 0.29) is 12.3 Å². The van der Waals surface area contributed by atoms with Crippen LogP contribution in [0.3, 0.4) is 0 Å². The second kappa shape index (κ2) is 7.56. The van der Waals surface area contributed by atoms with Gasteiger partial charge in [0.25, 0.3) is 0 Å². The van der Waals surface area contributed by atoms with Crippen LogP contribution in [0.15, 0.2) is 42.0 Å².